The maximum atomic E-state index is 12.4. The standard InChI is InChI=1S/C12H5BrN2O2S/c13-9-5-6-10(18-9)11(16)15-7-3-1-2-4-8(7)17-12(15)14-6/h1-5H. The number of hydrogen-bond donors (Lipinski definition) is 0. The van der Waals surface area contributed by atoms with Gasteiger partial charge in [-0.3, -0.25) is 4.79 Å². The molecule has 0 amide bonds. The molecular weight excluding hydrogens is 316 g/mol. The smallest absolute Gasteiger partial charge is 0.310 e. The van der Waals surface area contributed by atoms with E-state index in [0.29, 0.717) is 21.6 Å². The van der Waals surface area contributed by atoms with Crippen molar-refractivity contribution in [2.24, 2.45) is 0 Å². The molecule has 0 aliphatic heterocycles. The Labute approximate surface area is 113 Å². The van der Waals surface area contributed by atoms with E-state index in [1.54, 1.807) is 0 Å². The molecule has 4 nitrogen and oxygen atoms in total. The van der Waals surface area contributed by atoms with Gasteiger partial charge in [-0.25, -0.2) is 4.40 Å². The number of oxazole rings is 1. The van der Waals surface area contributed by atoms with Crippen LogP contribution >= 0.6 is 27.3 Å². The van der Waals surface area contributed by atoms with Crippen LogP contribution in [0.5, 0.6) is 0 Å². The molecule has 6 heteroatoms. The molecule has 18 heavy (non-hydrogen) atoms. The van der Waals surface area contributed by atoms with Crippen molar-refractivity contribution in [3.63, 3.8) is 0 Å². The van der Waals surface area contributed by atoms with Crippen molar-refractivity contribution in [1.82, 2.24) is 9.38 Å². The van der Waals surface area contributed by atoms with Crippen LogP contribution in [0.1, 0.15) is 0 Å². The van der Waals surface area contributed by atoms with E-state index < -0.39 is 0 Å². The third-order valence-electron chi connectivity index (χ3n) is 2.79. The second-order valence-electron chi connectivity index (χ2n) is 3.87. The molecule has 0 bridgehead atoms. The van der Waals surface area contributed by atoms with Gasteiger partial charge in [0, 0.05) is 0 Å². The quantitative estimate of drug-likeness (QED) is 0.499. The van der Waals surface area contributed by atoms with E-state index in [9.17, 15) is 4.79 Å². The molecule has 88 valence electrons. The molecule has 3 aromatic heterocycles. The fraction of sp³-hybridized carbons (Fsp3) is 0. The van der Waals surface area contributed by atoms with Gasteiger partial charge in [0.1, 0.15) is 4.70 Å². The Morgan fingerprint density at radius 3 is 3.06 bits per heavy atom. The first-order valence-corrected chi connectivity index (χ1v) is 6.84. The summed E-state index contributed by atoms with van der Waals surface area (Å²) in [4.78, 5) is 16.8. The third kappa shape index (κ3) is 1.24. The summed E-state index contributed by atoms with van der Waals surface area (Å²) in [6.45, 7) is 0. The van der Waals surface area contributed by atoms with Crippen LogP contribution in [0, 0.1) is 0 Å². The summed E-state index contributed by atoms with van der Waals surface area (Å²) >= 11 is 4.75. The summed E-state index contributed by atoms with van der Waals surface area (Å²) in [5.74, 6) is 0.332. The highest BCUT2D eigenvalue weighted by Gasteiger charge is 2.14. The fourth-order valence-corrected chi connectivity index (χ4v) is 3.49. The molecule has 0 aliphatic rings. The Morgan fingerprint density at radius 1 is 1.33 bits per heavy atom. The summed E-state index contributed by atoms with van der Waals surface area (Å²) in [5, 5.41) is 0. The summed E-state index contributed by atoms with van der Waals surface area (Å²) in [6.07, 6.45) is 0. The van der Waals surface area contributed by atoms with Gasteiger partial charge in [0.15, 0.2) is 5.58 Å². The van der Waals surface area contributed by atoms with Crippen LogP contribution in [0.25, 0.3) is 27.2 Å². The number of benzene rings is 1. The first-order valence-electron chi connectivity index (χ1n) is 5.23. The van der Waals surface area contributed by atoms with Gasteiger partial charge in [0.25, 0.3) is 5.56 Å². The predicted octanol–water partition coefficient (Wildman–Crippen LogP) is 3.42. The van der Waals surface area contributed by atoms with Gasteiger partial charge in [-0.15, -0.1) is 11.3 Å². The lowest BCUT2D eigenvalue weighted by atomic mass is 10.3. The fourth-order valence-electron chi connectivity index (χ4n) is 2.04. The normalized spacial score (nSPS) is 11.8. The molecule has 0 fully saturated rings. The van der Waals surface area contributed by atoms with Crippen LogP contribution in [-0.2, 0) is 0 Å². The topological polar surface area (TPSA) is 47.5 Å². The zero-order valence-electron chi connectivity index (χ0n) is 8.88. The number of rotatable bonds is 0. The molecule has 0 aliphatic carbocycles. The summed E-state index contributed by atoms with van der Waals surface area (Å²) in [7, 11) is 0. The molecule has 0 spiro atoms. The predicted molar refractivity (Wildman–Crippen MR) is 74.3 cm³/mol. The van der Waals surface area contributed by atoms with E-state index in [0.717, 1.165) is 9.30 Å². The van der Waals surface area contributed by atoms with Crippen LogP contribution in [0.4, 0.5) is 0 Å². The van der Waals surface area contributed by atoms with Crippen molar-refractivity contribution >= 4 is 54.4 Å². The molecule has 0 unspecified atom stereocenters. The highest BCUT2D eigenvalue weighted by atomic mass is 79.9. The zero-order valence-corrected chi connectivity index (χ0v) is 11.3. The Hall–Kier alpha value is -1.66. The van der Waals surface area contributed by atoms with Crippen LogP contribution in [-0.4, -0.2) is 9.38 Å². The minimum atomic E-state index is -0.0874. The minimum absolute atomic E-state index is 0.0874. The number of halogens is 1. The first kappa shape index (κ1) is 10.3. The molecule has 1 aromatic carbocycles. The van der Waals surface area contributed by atoms with Crippen molar-refractivity contribution in [3.05, 3.63) is 44.5 Å². The van der Waals surface area contributed by atoms with Gasteiger partial charge in [-0.05, 0) is 34.1 Å². The van der Waals surface area contributed by atoms with Crippen molar-refractivity contribution in [2.45, 2.75) is 0 Å². The highest BCUT2D eigenvalue weighted by molar-refractivity contribution is 9.11. The summed E-state index contributed by atoms with van der Waals surface area (Å²) in [5.41, 5.74) is 1.99. The van der Waals surface area contributed by atoms with Crippen LogP contribution in [0.3, 0.4) is 0 Å². The second-order valence-corrected chi connectivity index (χ2v) is 6.30. The average Bonchev–Trinajstić information content (AvgIpc) is 2.89. The molecule has 0 atom stereocenters. The number of thiophene rings is 1. The zero-order chi connectivity index (χ0) is 12.3. The van der Waals surface area contributed by atoms with Crippen molar-refractivity contribution in [1.29, 1.82) is 0 Å². The van der Waals surface area contributed by atoms with Crippen LogP contribution in [0.2, 0.25) is 0 Å². The van der Waals surface area contributed by atoms with E-state index in [2.05, 4.69) is 20.9 Å². The first-order chi connectivity index (χ1) is 8.74. The van der Waals surface area contributed by atoms with E-state index in [1.807, 2.05) is 30.3 Å². The van der Waals surface area contributed by atoms with Crippen molar-refractivity contribution in [3.8, 4) is 0 Å². The Morgan fingerprint density at radius 2 is 2.17 bits per heavy atom. The SMILES string of the molecule is O=c1c2sc(Br)cc2nc2oc3ccccc3n12. The summed E-state index contributed by atoms with van der Waals surface area (Å²) < 4.78 is 8.63. The van der Waals surface area contributed by atoms with E-state index in [1.165, 1.54) is 15.7 Å². The van der Waals surface area contributed by atoms with Crippen molar-refractivity contribution in [2.75, 3.05) is 0 Å². The molecular formula is C12H5BrN2O2S. The van der Waals surface area contributed by atoms with Gasteiger partial charge < -0.3 is 4.42 Å². The molecule has 0 saturated carbocycles. The number of para-hydroxylation sites is 2. The Kier molecular flexibility index (Phi) is 1.96. The average molecular weight is 321 g/mol. The maximum Gasteiger partial charge on any atom is 0.310 e. The maximum absolute atomic E-state index is 12.4. The van der Waals surface area contributed by atoms with Gasteiger partial charge in [0.2, 0.25) is 0 Å². The van der Waals surface area contributed by atoms with Gasteiger partial charge >= 0.3 is 5.84 Å². The molecule has 4 rings (SSSR count). The van der Waals surface area contributed by atoms with Gasteiger partial charge in [-0.1, -0.05) is 12.1 Å². The Bertz CT molecular complexity index is 967. The van der Waals surface area contributed by atoms with Crippen LogP contribution in [0.15, 0.2) is 43.3 Å². The number of fused-ring (bicyclic) bond motifs is 4. The Balaban J connectivity index is 2.37. The largest absolute Gasteiger partial charge is 0.423 e. The minimum Gasteiger partial charge on any atom is -0.423 e. The van der Waals surface area contributed by atoms with Crippen molar-refractivity contribution < 1.29 is 4.42 Å². The highest BCUT2D eigenvalue weighted by Crippen LogP contribution is 2.27. The second kappa shape index (κ2) is 3.43. The van der Waals surface area contributed by atoms with E-state index >= 15 is 0 Å². The lowest BCUT2D eigenvalue weighted by molar-refractivity contribution is 0.637. The number of nitrogens with zero attached hydrogens (tertiary/aromatic N) is 2. The number of hydrogen-bond acceptors (Lipinski definition) is 4. The molecule has 3 heterocycles. The van der Waals surface area contributed by atoms with Gasteiger partial charge in [-0.2, -0.15) is 4.98 Å². The van der Waals surface area contributed by atoms with Gasteiger partial charge in [0.05, 0.1) is 14.8 Å². The molecule has 0 saturated heterocycles. The lowest BCUT2D eigenvalue weighted by Gasteiger charge is -1.92. The number of aromatic nitrogens is 2. The van der Waals surface area contributed by atoms with E-state index in [4.69, 9.17) is 4.42 Å². The summed E-state index contributed by atoms with van der Waals surface area (Å²) in [6, 6.07) is 9.25. The van der Waals surface area contributed by atoms with Crippen LogP contribution < -0.4 is 5.56 Å². The van der Waals surface area contributed by atoms with E-state index in [-0.39, 0.29) is 5.56 Å². The monoisotopic (exact) mass is 320 g/mol. The molecule has 4 aromatic rings. The third-order valence-corrected chi connectivity index (χ3v) is 4.41. The lowest BCUT2D eigenvalue weighted by Crippen LogP contribution is -2.11. The molecule has 0 N–H and O–H groups in total. The molecule has 0 radical (unpaired) electrons.